The van der Waals surface area contributed by atoms with Gasteiger partial charge in [0.25, 0.3) is 5.79 Å². The lowest BCUT2D eigenvalue weighted by atomic mass is 10.1. The minimum absolute atomic E-state index is 0.687. The van der Waals surface area contributed by atoms with Crippen molar-refractivity contribution in [1.29, 1.82) is 0 Å². The second kappa shape index (κ2) is 3.20. The highest BCUT2D eigenvalue weighted by Gasteiger charge is 2.58. The molecule has 0 aromatic heterocycles. The number of ether oxygens (including phenoxy) is 1. The molecule has 1 aliphatic rings. The van der Waals surface area contributed by atoms with E-state index in [0.717, 1.165) is 0 Å². The third-order valence-electron chi connectivity index (χ3n) is 1.92. The average Bonchev–Trinajstić information content (AvgIpc) is 2.31. The third kappa shape index (κ3) is 1.40. The maximum Gasteiger partial charge on any atom is 0.367 e. The Morgan fingerprint density at radius 3 is 2.23 bits per heavy atom. The number of hydrogen-bond acceptors (Lipinski definition) is 6. The summed E-state index contributed by atoms with van der Waals surface area (Å²) < 4.78 is 4.39. The largest absolute Gasteiger partial charge is 0.477 e. The van der Waals surface area contributed by atoms with Crippen molar-refractivity contribution >= 4 is 5.97 Å². The van der Waals surface area contributed by atoms with E-state index in [2.05, 4.69) is 4.74 Å². The van der Waals surface area contributed by atoms with E-state index in [9.17, 15) is 4.79 Å². The number of aliphatic hydroxyl groups is 4. The van der Waals surface area contributed by atoms with Crippen molar-refractivity contribution in [2.24, 2.45) is 0 Å². The number of carbonyl (C=O) groups is 1. The molecule has 7 nitrogen and oxygen atoms in total. The number of aliphatic carboxylic acids is 1. The molecule has 0 spiro atoms. The van der Waals surface area contributed by atoms with Gasteiger partial charge in [0, 0.05) is 0 Å². The molecule has 1 aliphatic heterocycles. The van der Waals surface area contributed by atoms with Crippen molar-refractivity contribution in [2.75, 3.05) is 6.61 Å². The monoisotopic (exact) mass is 194 g/mol. The van der Waals surface area contributed by atoms with Gasteiger partial charge in [-0.3, -0.25) is 0 Å². The Morgan fingerprint density at radius 2 is 2.00 bits per heavy atom. The number of carboxylic acid groups (broad SMARTS) is 1. The number of carboxylic acids is 1. The van der Waals surface area contributed by atoms with Crippen LogP contribution in [0.4, 0.5) is 0 Å². The molecule has 1 heterocycles. The lowest BCUT2D eigenvalue weighted by Crippen LogP contribution is -2.49. The Labute approximate surface area is 72.8 Å². The molecule has 0 unspecified atom stereocenters. The molecule has 0 aromatic carbocycles. The zero-order valence-electron chi connectivity index (χ0n) is 6.49. The number of rotatable bonds is 2. The first-order chi connectivity index (χ1) is 5.93. The van der Waals surface area contributed by atoms with Gasteiger partial charge < -0.3 is 30.3 Å². The lowest BCUT2D eigenvalue weighted by molar-refractivity contribution is -0.239. The molecule has 1 saturated heterocycles. The van der Waals surface area contributed by atoms with Crippen molar-refractivity contribution in [3.63, 3.8) is 0 Å². The van der Waals surface area contributed by atoms with E-state index >= 15 is 0 Å². The van der Waals surface area contributed by atoms with Gasteiger partial charge in [-0.1, -0.05) is 0 Å². The molecule has 1 fully saturated rings. The van der Waals surface area contributed by atoms with E-state index < -0.39 is 36.7 Å². The first-order valence-corrected chi connectivity index (χ1v) is 3.54. The molecule has 0 amide bonds. The lowest BCUT2D eigenvalue weighted by Gasteiger charge is -2.19. The average molecular weight is 194 g/mol. The standard InChI is InChI=1S/C6H10O7/c7-1-2-3(8)4(9)6(12,13-2)5(10)11/h2-4,7-9,12H,1H2,(H,10,11)/t2-,3-,4+,6-/m1/s1. The summed E-state index contributed by atoms with van der Waals surface area (Å²) in [4.78, 5) is 10.4. The Hall–Kier alpha value is -0.730. The molecule has 13 heavy (non-hydrogen) atoms. The summed E-state index contributed by atoms with van der Waals surface area (Å²) in [6, 6.07) is 0. The quantitative estimate of drug-likeness (QED) is 0.314. The fraction of sp³-hybridized carbons (Fsp3) is 0.833. The molecule has 76 valence electrons. The Bertz CT molecular complexity index is 217. The predicted octanol–water partition coefficient (Wildman–Crippen LogP) is -3.13. The smallest absolute Gasteiger partial charge is 0.367 e. The van der Waals surface area contributed by atoms with Crippen molar-refractivity contribution in [1.82, 2.24) is 0 Å². The summed E-state index contributed by atoms with van der Waals surface area (Å²) in [6.45, 7) is -0.687. The highest BCUT2D eigenvalue weighted by atomic mass is 16.7. The molecule has 4 atom stereocenters. The van der Waals surface area contributed by atoms with Gasteiger partial charge in [0.15, 0.2) is 0 Å². The van der Waals surface area contributed by atoms with E-state index in [1.807, 2.05) is 0 Å². The van der Waals surface area contributed by atoms with Crippen molar-refractivity contribution in [2.45, 2.75) is 24.1 Å². The summed E-state index contributed by atoms with van der Waals surface area (Å²) in [5.41, 5.74) is 0. The van der Waals surface area contributed by atoms with Crippen LogP contribution in [0, 0.1) is 0 Å². The third-order valence-corrected chi connectivity index (χ3v) is 1.92. The van der Waals surface area contributed by atoms with Gasteiger partial charge in [0.2, 0.25) is 0 Å². The van der Waals surface area contributed by atoms with Crippen LogP contribution >= 0.6 is 0 Å². The molecule has 7 heteroatoms. The van der Waals surface area contributed by atoms with Crippen molar-refractivity contribution in [3.05, 3.63) is 0 Å². The molecule has 5 N–H and O–H groups in total. The van der Waals surface area contributed by atoms with Gasteiger partial charge in [-0.2, -0.15) is 0 Å². The van der Waals surface area contributed by atoms with Gasteiger partial charge >= 0.3 is 5.97 Å². The fourth-order valence-corrected chi connectivity index (χ4v) is 1.13. The van der Waals surface area contributed by atoms with E-state index in [4.69, 9.17) is 25.5 Å². The van der Waals surface area contributed by atoms with Crippen LogP contribution in [0.1, 0.15) is 0 Å². The number of aliphatic hydroxyl groups excluding tert-OH is 3. The molecule has 0 saturated carbocycles. The Kier molecular flexibility index (Phi) is 2.55. The maximum atomic E-state index is 10.4. The van der Waals surface area contributed by atoms with Gasteiger partial charge in [0.1, 0.15) is 18.3 Å². The normalized spacial score (nSPS) is 45.1. The van der Waals surface area contributed by atoms with Crippen LogP contribution in [0.15, 0.2) is 0 Å². The second-order valence-corrected chi connectivity index (χ2v) is 2.78. The zero-order valence-corrected chi connectivity index (χ0v) is 6.49. The zero-order chi connectivity index (χ0) is 10.2. The molecular formula is C6H10O7. The van der Waals surface area contributed by atoms with Gasteiger partial charge in [-0.15, -0.1) is 0 Å². The van der Waals surface area contributed by atoms with Gasteiger partial charge in [0.05, 0.1) is 6.61 Å². The highest BCUT2D eigenvalue weighted by Crippen LogP contribution is 2.29. The first-order valence-electron chi connectivity index (χ1n) is 3.54. The summed E-state index contributed by atoms with van der Waals surface area (Å²) in [5.74, 6) is -4.65. The maximum absolute atomic E-state index is 10.4. The van der Waals surface area contributed by atoms with Crippen LogP contribution in [-0.4, -0.2) is 62.2 Å². The fourth-order valence-electron chi connectivity index (χ4n) is 1.13. The molecule has 0 bridgehead atoms. The highest BCUT2D eigenvalue weighted by molar-refractivity contribution is 5.76. The van der Waals surface area contributed by atoms with Crippen LogP contribution in [-0.2, 0) is 9.53 Å². The van der Waals surface area contributed by atoms with Crippen LogP contribution in [0.5, 0.6) is 0 Å². The SMILES string of the molecule is O=C(O)[C@]1(O)O[C@H](CO)[C@@H](O)[C@@H]1O. The van der Waals surface area contributed by atoms with E-state index in [1.54, 1.807) is 0 Å². The molecular weight excluding hydrogens is 184 g/mol. The van der Waals surface area contributed by atoms with E-state index in [0.29, 0.717) is 0 Å². The van der Waals surface area contributed by atoms with Crippen LogP contribution in [0.25, 0.3) is 0 Å². The Balaban J connectivity index is 2.87. The molecule has 0 aromatic rings. The topological polar surface area (TPSA) is 127 Å². The summed E-state index contributed by atoms with van der Waals surface area (Å²) in [7, 11) is 0. The number of hydrogen-bond donors (Lipinski definition) is 5. The van der Waals surface area contributed by atoms with E-state index in [1.165, 1.54) is 0 Å². The summed E-state index contributed by atoms with van der Waals surface area (Å²) in [5, 5.41) is 44.3. The first kappa shape index (κ1) is 10.4. The van der Waals surface area contributed by atoms with Crippen LogP contribution in [0.3, 0.4) is 0 Å². The second-order valence-electron chi connectivity index (χ2n) is 2.78. The molecule has 1 rings (SSSR count). The van der Waals surface area contributed by atoms with Crippen molar-refractivity contribution in [3.8, 4) is 0 Å². The summed E-state index contributed by atoms with van der Waals surface area (Å²) in [6.07, 6.45) is -4.88. The van der Waals surface area contributed by atoms with Crippen LogP contribution < -0.4 is 0 Å². The van der Waals surface area contributed by atoms with Crippen molar-refractivity contribution < 1.29 is 35.1 Å². The van der Waals surface area contributed by atoms with Crippen LogP contribution in [0.2, 0.25) is 0 Å². The van der Waals surface area contributed by atoms with E-state index in [-0.39, 0.29) is 0 Å². The minimum atomic E-state index is -2.84. The summed E-state index contributed by atoms with van der Waals surface area (Å²) >= 11 is 0. The Morgan fingerprint density at radius 1 is 1.46 bits per heavy atom. The molecule has 0 aliphatic carbocycles. The van der Waals surface area contributed by atoms with Gasteiger partial charge in [-0.05, 0) is 0 Å². The van der Waals surface area contributed by atoms with Gasteiger partial charge in [-0.25, -0.2) is 4.79 Å². The predicted molar refractivity (Wildman–Crippen MR) is 36.6 cm³/mol. The minimum Gasteiger partial charge on any atom is -0.477 e. The molecule has 0 radical (unpaired) electrons.